The van der Waals surface area contributed by atoms with Crippen LogP contribution in [0.3, 0.4) is 0 Å². The van der Waals surface area contributed by atoms with Gasteiger partial charge in [0.25, 0.3) is 0 Å². The number of hydrogen-bond acceptors (Lipinski definition) is 5. The number of carbonyl (C=O) groups is 1. The molecule has 0 bridgehead atoms. The fourth-order valence-corrected chi connectivity index (χ4v) is 3.78. The summed E-state index contributed by atoms with van der Waals surface area (Å²) in [5, 5.41) is 4.13. The van der Waals surface area contributed by atoms with E-state index in [1.807, 2.05) is 36.1 Å². The van der Waals surface area contributed by atoms with Crippen LogP contribution in [0.2, 0.25) is 0 Å². The van der Waals surface area contributed by atoms with Crippen molar-refractivity contribution in [2.75, 3.05) is 12.8 Å². The highest BCUT2D eigenvalue weighted by atomic mass is 32.2. The quantitative estimate of drug-likeness (QED) is 0.619. The lowest BCUT2D eigenvalue weighted by molar-refractivity contribution is -0.128. The van der Waals surface area contributed by atoms with Crippen molar-refractivity contribution < 1.29 is 9.32 Å². The molecule has 1 aliphatic heterocycles. The van der Waals surface area contributed by atoms with Crippen LogP contribution in [0.25, 0.3) is 11.4 Å². The average Bonchev–Trinajstić information content (AvgIpc) is 3.30. The Bertz CT molecular complexity index is 952. The summed E-state index contributed by atoms with van der Waals surface area (Å²) in [6.07, 6.45) is 2.47. The second kappa shape index (κ2) is 7.56. The molecule has 1 aliphatic rings. The Labute approximate surface area is 162 Å². The second-order valence-corrected chi connectivity index (χ2v) is 7.67. The molecule has 1 aromatic heterocycles. The van der Waals surface area contributed by atoms with Gasteiger partial charge in [-0.15, -0.1) is 11.8 Å². The monoisotopic (exact) mass is 379 g/mol. The second-order valence-electron chi connectivity index (χ2n) is 6.79. The van der Waals surface area contributed by atoms with E-state index in [0.717, 1.165) is 16.7 Å². The Hall–Kier alpha value is -2.60. The highest BCUT2D eigenvalue weighted by molar-refractivity contribution is 7.98. The molecule has 3 aromatic rings. The van der Waals surface area contributed by atoms with Crippen LogP contribution in [0.15, 0.2) is 57.9 Å². The lowest BCUT2D eigenvalue weighted by Gasteiger charge is -2.16. The van der Waals surface area contributed by atoms with E-state index >= 15 is 0 Å². The maximum Gasteiger partial charge on any atom is 0.232 e. The van der Waals surface area contributed by atoms with Gasteiger partial charge in [0.2, 0.25) is 17.6 Å². The normalized spacial score (nSPS) is 16.9. The highest BCUT2D eigenvalue weighted by Crippen LogP contribution is 2.30. The van der Waals surface area contributed by atoms with E-state index in [0.29, 0.717) is 31.2 Å². The largest absolute Gasteiger partial charge is 0.339 e. The number of nitrogens with zero attached hydrogens (tertiary/aromatic N) is 3. The number of benzene rings is 2. The van der Waals surface area contributed by atoms with Crippen molar-refractivity contribution in [2.45, 2.75) is 30.7 Å². The first-order valence-electron chi connectivity index (χ1n) is 8.94. The number of thioether (sulfide) groups is 1. The predicted octanol–water partition coefficient (Wildman–Crippen LogP) is 4.28. The van der Waals surface area contributed by atoms with Gasteiger partial charge < -0.3 is 9.42 Å². The van der Waals surface area contributed by atoms with E-state index in [9.17, 15) is 4.79 Å². The first kappa shape index (κ1) is 17.8. The van der Waals surface area contributed by atoms with Gasteiger partial charge in [0.05, 0.1) is 5.92 Å². The molecule has 1 atom stereocenters. The Morgan fingerprint density at radius 3 is 2.70 bits per heavy atom. The Balaban J connectivity index is 1.47. The number of hydrogen-bond donors (Lipinski definition) is 0. The fraction of sp³-hybridized carbons (Fsp3) is 0.286. The first-order valence-corrected chi connectivity index (χ1v) is 10.2. The van der Waals surface area contributed by atoms with Gasteiger partial charge in [-0.1, -0.05) is 41.6 Å². The summed E-state index contributed by atoms with van der Waals surface area (Å²) in [6.45, 7) is 3.25. The molecule has 0 spiro atoms. The van der Waals surface area contributed by atoms with E-state index < -0.39 is 0 Å². The van der Waals surface area contributed by atoms with Crippen molar-refractivity contribution in [2.24, 2.45) is 0 Å². The zero-order valence-corrected chi connectivity index (χ0v) is 16.2. The van der Waals surface area contributed by atoms with E-state index in [2.05, 4.69) is 40.7 Å². The van der Waals surface area contributed by atoms with Gasteiger partial charge in [-0.3, -0.25) is 4.79 Å². The van der Waals surface area contributed by atoms with E-state index in [4.69, 9.17) is 4.52 Å². The summed E-state index contributed by atoms with van der Waals surface area (Å²) in [6, 6.07) is 16.3. The molecule has 1 fully saturated rings. The van der Waals surface area contributed by atoms with Crippen LogP contribution in [0, 0.1) is 6.92 Å². The number of rotatable bonds is 5. The summed E-state index contributed by atoms with van der Waals surface area (Å²) >= 11 is 1.71. The molecule has 1 amide bonds. The zero-order chi connectivity index (χ0) is 18.8. The highest BCUT2D eigenvalue weighted by Gasteiger charge is 2.34. The third-order valence-corrected chi connectivity index (χ3v) is 5.67. The van der Waals surface area contributed by atoms with Crippen molar-refractivity contribution in [3.8, 4) is 11.4 Å². The zero-order valence-electron chi connectivity index (χ0n) is 15.4. The molecule has 2 heterocycles. The number of aryl methyl sites for hydroxylation is 1. The number of likely N-dealkylation sites (tertiary alicyclic amines) is 1. The molecule has 138 valence electrons. The van der Waals surface area contributed by atoms with Crippen LogP contribution >= 0.6 is 11.8 Å². The van der Waals surface area contributed by atoms with Crippen molar-refractivity contribution in [1.82, 2.24) is 15.0 Å². The summed E-state index contributed by atoms with van der Waals surface area (Å²) < 4.78 is 5.49. The molecule has 0 radical (unpaired) electrons. The number of carbonyl (C=O) groups excluding carboxylic acids is 1. The van der Waals surface area contributed by atoms with E-state index in [-0.39, 0.29) is 11.8 Å². The molecule has 0 aliphatic carbocycles. The summed E-state index contributed by atoms with van der Waals surface area (Å²) in [5.74, 6) is 1.21. The van der Waals surface area contributed by atoms with Gasteiger partial charge in [-0.2, -0.15) is 4.98 Å². The van der Waals surface area contributed by atoms with Crippen LogP contribution in [0.4, 0.5) is 0 Å². The Morgan fingerprint density at radius 2 is 1.96 bits per heavy atom. The summed E-state index contributed by atoms with van der Waals surface area (Å²) in [7, 11) is 0. The predicted molar refractivity (Wildman–Crippen MR) is 105 cm³/mol. The SMILES string of the molecule is CSc1ccc(CN2CC(c3nc(-c4ccccc4C)no3)CC2=O)cc1. The molecule has 27 heavy (non-hydrogen) atoms. The minimum Gasteiger partial charge on any atom is -0.339 e. The van der Waals surface area contributed by atoms with Crippen LogP contribution in [0.5, 0.6) is 0 Å². The average molecular weight is 379 g/mol. The molecule has 5 nitrogen and oxygen atoms in total. The van der Waals surface area contributed by atoms with Gasteiger partial charge in [0, 0.05) is 30.0 Å². The number of aromatic nitrogens is 2. The minimum atomic E-state index is -0.0479. The topological polar surface area (TPSA) is 59.2 Å². The van der Waals surface area contributed by atoms with Crippen LogP contribution in [-0.2, 0) is 11.3 Å². The standard InChI is InChI=1S/C21H21N3O2S/c1-14-5-3-4-6-18(14)20-22-21(26-23-20)16-11-19(25)24(13-16)12-15-7-9-17(27-2)10-8-15/h3-10,16H,11-13H2,1-2H3. The molecule has 1 saturated heterocycles. The van der Waals surface area contributed by atoms with E-state index in [1.165, 1.54) is 4.90 Å². The van der Waals surface area contributed by atoms with Crippen molar-refractivity contribution >= 4 is 17.7 Å². The van der Waals surface area contributed by atoms with Crippen molar-refractivity contribution in [3.05, 3.63) is 65.5 Å². The van der Waals surface area contributed by atoms with Gasteiger partial charge in [-0.05, 0) is 36.4 Å². The van der Waals surface area contributed by atoms with Crippen LogP contribution < -0.4 is 0 Å². The third kappa shape index (κ3) is 3.76. The van der Waals surface area contributed by atoms with Gasteiger partial charge >= 0.3 is 0 Å². The third-order valence-electron chi connectivity index (χ3n) is 4.92. The fourth-order valence-electron chi connectivity index (χ4n) is 3.38. The summed E-state index contributed by atoms with van der Waals surface area (Å²) in [4.78, 5) is 20.1. The molecule has 4 rings (SSSR count). The summed E-state index contributed by atoms with van der Waals surface area (Å²) in [5.41, 5.74) is 3.19. The van der Waals surface area contributed by atoms with E-state index in [1.54, 1.807) is 11.8 Å². The van der Waals surface area contributed by atoms with Crippen LogP contribution in [0.1, 0.15) is 29.4 Å². The van der Waals surface area contributed by atoms with Crippen molar-refractivity contribution in [3.63, 3.8) is 0 Å². The van der Waals surface area contributed by atoms with Crippen LogP contribution in [-0.4, -0.2) is 33.7 Å². The molecule has 0 saturated carbocycles. The Kier molecular flexibility index (Phi) is 4.99. The Morgan fingerprint density at radius 1 is 1.19 bits per heavy atom. The van der Waals surface area contributed by atoms with Crippen molar-refractivity contribution in [1.29, 1.82) is 0 Å². The smallest absolute Gasteiger partial charge is 0.232 e. The maximum absolute atomic E-state index is 12.4. The minimum absolute atomic E-state index is 0.0479. The first-order chi connectivity index (χ1) is 13.1. The lowest BCUT2D eigenvalue weighted by atomic mass is 10.1. The van der Waals surface area contributed by atoms with Gasteiger partial charge in [-0.25, -0.2) is 0 Å². The molecule has 0 N–H and O–H groups in total. The number of amides is 1. The van der Waals surface area contributed by atoms with Gasteiger partial charge in [0.1, 0.15) is 0 Å². The molecule has 1 unspecified atom stereocenters. The molecular formula is C21H21N3O2S. The molecular weight excluding hydrogens is 358 g/mol. The lowest BCUT2D eigenvalue weighted by Crippen LogP contribution is -2.24. The molecule has 2 aromatic carbocycles. The van der Waals surface area contributed by atoms with Gasteiger partial charge in [0.15, 0.2) is 0 Å². The maximum atomic E-state index is 12.4. The molecule has 6 heteroatoms.